The standard InChI is InChI=1S/C9H8BrF/c1-6-5-8(7(2)11)3-4-9(6)10/h3-5H,2H2,1H3. The number of halogens is 2. The van der Waals surface area contributed by atoms with Crippen LogP contribution in [0.2, 0.25) is 0 Å². The van der Waals surface area contributed by atoms with Crippen LogP contribution in [0.25, 0.3) is 5.83 Å². The van der Waals surface area contributed by atoms with Gasteiger partial charge in [-0.05, 0) is 24.6 Å². The summed E-state index contributed by atoms with van der Waals surface area (Å²) in [7, 11) is 0. The van der Waals surface area contributed by atoms with E-state index in [4.69, 9.17) is 0 Å². The average molecular weight is 215 g/mol. The van der Waals surface area contributed by atoms with E-state index in [-0.39, 0.29) is 5.83 Å². The topological polar surface area (TPSA) is 0 Å². The Morgan fingerprint density at radius 1 is 1.55 bits per heavy atom. The van der Waals surface area contributed by atoms with Crippen molar-refractivity contribution in [2.24, 2.45) is 0 Å². The van der Waals surface area contributed by atoms with Gasteiger partial charge < -0.3 is 0 Å². The molecule has 58 valence electrons. The largest absolute Gasteiger partial charge is 0.207 e. The van der Waals surface area contributed by atoms with Crippen LogP contribution in [0.3, 0.4) is 0 Å². The van der Waals surface area contributed by atoms with Crippen molar-refractivity contribution < 1.29 is 4.39 Å². The molecule has 2 heteroatoms. The van der Waals surface area contributed by atoms with E-state index in [1.807, 2.05) is 13.0 Å². The summed E-state index contributed by atoms with van der Waals surface area (Å²) in [6, 6.07) is 5.27. The van der Waals surface area contributed by atoms with Gasteiger partial charge in [0.25, 0.3) is 0 Å². The second kappa shape index (κ2) is 3.18. The molecule has 0 bridgehead atoms. The predicted molar refractivity (Wildman–Crippen MR) is 49.0 cm³/mol. The lowest BCUT2D eigenvalue weighted by Crippen LogP contribution is -1.80. The minimum absolute atomic E-state index is 0.388. The first-order valence-electron chi connectivity index (χ1n) is 3.22. The Labute approximate surface area is 73.9 Å². The highest BCUT2D eigenvalue weighted by Gasteiger charge is 1.98. The third-order valence-corrected chi connectivity index (χ3v) is 2.36. The first-order valence-corrected chi connectivity index (χ1v) is 4.01. The van der Waals surface area contributed by atoms with Crippen molar-refractivity contribution in [1.82, 2.24) is 0 Å². The van der Waals surface area contributed by atoms with Gasteiger partial charge in [0.2, 0.25) is 0 Å². The second-order valence-electron chi connectivity index (χ2n) is 2.37. The summed E-state index contributed by atoms with van der Waals surface area (Å²) in [6.07, 6.45) is 0. The molecule has 0 aliphatic rings. The molecule has 0 aliphatic carbocycles. The Kier molecular flexibility index (Phi) is 2.45. The zero-order chi connectivity index (χ0) is 8.43. The van der Waals surface area contributed by atoms with Crippen molar-refractivity contribution >= 4 is 21.8 Å². The van der Waals surface area contributed by atoms with E-state index in [9.17, 15) is 4.39 Å². The molecule has 0 saturated heterocycles. The van der Waals surface area contributed by atoms with Crippen LogP contribution in [-0.4, -0.2) is 0 Å². The van der Waals surface area contributed by atoms with E-state index in [0.29, 0.717) is 5.56 Å². The Morgan fingerprint density at radius 2 is 2.18 bits per heavy atom. The summed E-state index contributed by atoms with van der Waals surface area (Å²) in [5, 5.41) is 0. The molecule has 1 aromatic carbocycles. The van der Waals surface area contributed by atoms with Gasteiger partial charge in [-0.25, -0.2) is 4.39 Å². The minimum atomic E-state index is -0.388. The molecule has 0 aliphatic heterocycles. The molecular formula is C9H8BrF. The van der Waals surface area contributed by atoms with Crippen molar-refractivity contribution in [2.75, 3.05) is 0 Å². The van der Waals surface area contributed by atoms with Gasteiger partial charge >= 0.3 is 0 Å². The van der Waals surface area contributed by atoms with Crippen molar-refractivity contribution in [2.45, 2.75) is 6.92 Å². The van der Waals surface area contributed by atoms with Crippen LogP contribution in [0.4, 0.5) is 4.39 Å². The van der Waals surface area contributed by atoms with Crippen molar-refractivity contribution in [3.63, 3.8) is 0 Å². The Hall–Kier alpha value is -0.630. The van der Waals surface area contributed by atoms with E-state index in [1.165, 1.54) is 0 Å². The average Bonchev–Trinajstić information content (AvgIpc) is 1.94. The second-order valence-corrected chi connectivity index (χ2v) is 3.22. The lowest BCUT2D eigenvalue weighted by Gasteiger charge is -2.00. The SMILES string of the molecule is C=C(F)c1ccc(Br)c(C)c1. The molecular weight excluding hydrogens is 207 g/mol. The molecule has 0 atom stereocenters. The van der Waals surface area contributed by atoms with E-state index in [2.05, 4.69) is 22.5 Å². The number of aryl methyl sites for hydroxylation is 1. The smallest absolute Gasteiger partial charge is 0.123 e. The predicted octanol–water partition coefficient (Wildman–Crippen LogP) is 3.70. The number of benzene rings is 1. The first kappa shape index (κ1) is 8.47. The van der Waals surface area contributed by atoms with Crippen LogP contribution in [0.15, 0.2) is 29.3 Å². The van der Waals surface area contributed by atoms with Crippen LogP contribution in [-0.2, 0) is 0 Å². The fourth-order valence-corrected chi connectivity index (χ4v) is 1.06. The summed E-state index contributed by atoms with van der Waals surface area (Å²) in [5.74, 6) is -0.388. The van der Waals surface area contributed by atoms with Crippen LogP contribution in [0.5, 0.6) is 0 Å². The molecule has 1 rings (SSSR count). The highest BCUT2D eigenvalue weighted by molar-refractivity contribution is 9.10. The molecule has 0 amide bonds. The Bertz CT molecular complexity index is 292. The molecule has 0 fully saturated rings. The summed E-state index contributed by atoms with van der Waals surface area (Å²) in [4.78, 5) is 0. The number of hydrogen-bond acceptors (Lipinski definition) is 0. The van der Waals surface area contributed by atoms with E-state index >= 15 is 0 Å². The van der Waals surface area contributed by atoms with E-state index < -0.39 is 0 Å². The maximum atomic E-state index is 12.5. The highest BCUT2D eigenvalue weighted by Crippen LogP contribution is 2.21. The van der Waals surface area contributed by atoms with Gasteiger partial charge in [-0.3, -0.25) is 0 Å². The molecule has 0 saturated carbocycles. The molecule has 0 heterocycles. The normalized spacial score (nSPS) is 9.73. The van der Waals surface area contributed by atoms with Gasteiger partial charge in [-0.1, -0.05) is 28.6 Å². The fourth-order valence-electron chi connectivity index (χ4n) is 0.813. The van der Waals surface area contributed by atoms with Crippen LogP contribution in [0, 0.1) is 6.92 Å². The van der Waals surface area contributed by atoms with Crippen LogP contribution >= 0.6 is 15.9 Å². The molecule has 0 N–H and O–H groups in total. The maximum absolute atomic E-state index is 12.5. The lowest BCUT2D eigenvalue weighted by molar-refractivity contribution is 0.763. The van der Waals surface area contributed by atoms with Gasteiger partial charge in [0.15, 0.2) is 0 Å². The molecule has 0 unspecified atom stereocenters. The maximum Gasteiger partial charge on any atom is 0.123 e. The quantitative estimate of drug-likeness (QED) is 0.669. The van der Waals surface area contributed by atoms with Crippen molar-refractivity contribution in [1.29, 1.82) is 0 Å². The Balaban J connectivity index is 3.15. The monoisotopic (exact) mass is 214 g/mol. The van der Waals surface area contributed by atoms with E-state index in [1.54, 1.807) is 12.1 Å². The zero-order valence-corrected chi connectivity index (χ0v) is 7.78. The third-order valence-electron chi connectivity index (χ3n) is 1.47. The molecule has 1 aromatic rings. The van der Waals surface area contributed by atoms with Gasteiger partial charge in [0, 0.05) is 10.0 Å². The molecule has 11 heavy (non-hydrogen) atoms. The Morgan fingerprint density at radius 3 is 2.64 bits per heavy atom. The van der Waals surface area contributed by atoms with Crippen molar-refractivity contribution in [3.8, 4) is 0 Å². The van der Waals surface area contributed by atoms with E-state index in [0.717, 1.165) is 10.0 Å². The summed E-state index contributed by atoms with van der Waals surface area (Å²) >= 11 is 3.33. The number of hydrogen-bond donors (Lipinski definition) is 0. The highest BCUT2D eigenvalue weighted by atomic mass is 79.9. The molecule has 0 spiro atoms. The van der Waals surface area contributed by atoms with Crippen molar-refractivity contribution in [3.05, 3.63) is 40.4 Å². The summed E-state index contributed by atoms with van der Waals surface area (Å²) in [6.45, 7) is 5.13. The summed E-state index contributed by atoms with van der Waals surface area (Å²) in [5.41, 5.74) is 1.56. The number of rotatable bonds is 1. The van der Waals surface area contributed by atoms with Gasteiger partial charge in [0.1, 0.15) is 5.83 Å². The minimum Gasteiger partial charge on any atom is -0.207 e. The zero-order valence-electron chi connectivity index (χ0n) is 6.20. The van der Waals surface area contributed by atoms with Gasteiger partial charge in [-0.15, -0.1) is 0 Å². The fraction of sp³-hybridized carbons (Fsp3) is 0.111. The van der Waals surface area contributed by atoms with Gasteiger partial charge in [-0.2, -0.15) is 0 Å². The molecule has 0 radical (unpaired) electrons. The lowest BCUT2D eigenvalue weighted by atomic mass is 10.1. The first-order chi connectivity index (χ1) is 5.11. The third kappa shape index (κ3) is 1.90. The van der Waals surface area contributed by atoms with Crippen LogP contribution in [0.1, 0.15) is 11.1 Å². The summed E-state index contributed by atoms with van der Waals surface area (Å²) < 4.78 is 13.5. The van der Waals surface area contributed by atoms with Crippen LogP contribution < -0.4 is 0 Å². The molecule has 0 aromatic heterocycles. The molecule has 0 nitrogen and oxygen atoms in total. The van der Waals surface area contributed by atoms with Gasteiger partial charge in [0.05, 0.1) is 0 Å².